The lowest BCUT2D eigenvalue weighted by Gasteiger charge is -2.33. The van der Waals surface area contributed by atoms with Crippen LogP contribution in [0.5, 0.6) is 11.5 Å². The zero-order valence-electron chi connectivity index (χ0n) is 20.4. The highest BCUT2D eigenvalue weighted by Gasteiger charge is 2.22. The number of nitrogens with zero attached hydrogens (tertiary/aromatic N) is 2. The lowest BCUT2D eigenvalue weighted by Crippen LogP contribution is -2.39. The Morgan fingerprint density at radius 1 is 1.08 bits per heavy atom. The molecule has 2 aromatic carbocycles. The first-order valence-corrected chi connectivity index (χ1v) is 13.1. The number of ether oxygens (including phenoxy) is 2. The fourth-order valence-electron chi connectivity index (χ4n) is 4.30. The van der Waals surface area contributed by atoms with Gasteiger partial charge in [-0.2, -0.15) is 4.73 Å². The third-order valence-electron chi connectivity index (χ3n) is 6.45. The Bertz CT molecular complexity index is 1230. The van der Waals surface area contributed by atoms with Gasteiger partial charge in [-0.3, -0.25) is 4.79 Å². The molecule has 37 heavy (non-hydrogen) atoms. The summed E-state index contributed by atoms with van der Waals surface area (Å²) in [6.45, 7) is 2.62. The Balaban J connectivity index is 1.32. The summed E-state index contributed by atoms with van der Waals surface area (Å²) in [6, 6.07) is 12.2. The number of piperidine rings is 1. The zero-order valence-corrected chi connectivity index (χ0v) is 22.7. The molecule has 1 aliphatic rings. The van der Waals surface area contributed by atoms with Crippen LogP contribution in [0.15, 0.2) is 54.9 Å². The average Bonchev–Trinajstić information content (AvgIpc) is 2.90. The van der Waals surface area contributed by atoms with Gasteiger partial charge in [-0.25, -0.2) is 0 Å². The number of carbonyl (C=O) groups excluding carboxylic acids is 1. The van der Waals surface area contributed by atoms with Crippen LogP contribution in [-0.2, 0) is 6.42 Å². The van der Waals surface area contributed by atoms with Crippen molar-refractivity contribution in [3.63, 3.8) is 0 Å². The first-order chi connectivity index (χ1) is 17.8. The van der Waals surface area contributed by atoms with Crippen molar-refractivity contribution in [3.05, 3.63) is 86.3 Å². The van der Waals surface area contributed by atoms with Crippen molar-refractivity contribution in [2.75, 3.05) is 38.3 Å². The molecule has 196 valence electrons. The molecule has 2 heterocycles. The second-order valence-corrected chi connectivity index (χ2v) is 10.1. The van der Waals surface area contributed by atoms with E-state index in [2.05, 4.69) is 10.2 Å². The Hall–Kier alpha value is -2.87. The van der Waals surface area contributed by atoms with Crippen molar-refractivity contribution in [2.24, 2.45) is 5.92 Å². The van der Waals surface area contributed by atoms with Gasteiger partial charge in [0.2, 0.25) is 0 Å². The van der Waals surface area contributed by atoms with Gasteiger partial charge in [0.05, 0.1) is 13.7 Å². The molecule has 1 aliphatic heterocycles. The second kappa shape index (κ2) is 12.6. The molecule has 4 rings (SSSR count). The Morgan fingerprint density at radius 2 is 1.78 bits per heavy atom. The molecule has 1 fully saturated rings. The van der Waals surface area contributed by atoms with Gasteiger partial charge in [-0.15, -0.1) is 0 Å². The monoisotopic (exact) mass is 563 g/mol. The first kappa shape index (κ1) is 27.2. The zero-order chi connectivity index (χ0) is 26.4. The third-order valence-corrected chi connectivity index (χ3v) is 7.41. The molecule has 0 unspecified atom stereocenters. The molecule has 0 radical (unpaired) electrons. The average molecular weight is 565 g/mol. The van der Waals surface area contributed by atoms with Crippen molar-refractivity contribution in [3.8, 4) is 11.5 Å². The first-order valence-electron chi connectivity index (χ1n) is 12.0. The van der Waals surface area contributed by atoms with Crippen molar-refractivity contribution in [1.82, 2.24) is 5.32 Å². The van der Waals surface area contributed by atoms with Gasteiger partial charge in [0, 0.05) is 59.5 Å². The quantitative estimate of drug-likeness (QED) is 0.272. The number of aromatic nitrogens is 1. The fourth-order valence-corrected chi connectivity index (χ4v) is 5.05. The lowest BCUT2D eigenvalue weighted by molar-refractivity contribution is -0.605. The van der Waals surface area contributed by atoms with E-state index < -0.39 is 0 Å². The van der Waals surface area contributed by atoms with Crippen LogP contribution in [-0.4, -0.2) is 39.3 Å². The highest BCUT2D eigenvalue weighted by atomic mass is 35.5. The standard InChI is InChI=1S/C27H28Cl3N3O4/c1-36-24-14-20(15-25(26(24)30)37-13-8-19-2-3-21(28)16-23(19)29)27(34)31-17-18-4-9-32(10-5-18)22-6-11-33(35)12-7-22/h2-3,6-7,11-12,14-16,18H,4-5,8-10,13,17H2,1H3,(H,31,34). The number of halogens is 3. The van der Waals surface area contributed by atoms with Crippen LogP contribution >= 0.6 is 34.8 Å². The number of amides is 1. The van der Waals surface area contributed by atoms with Gasteiger partial charge in [0.15, 0.2) is 12.4 Å². The second-order valence-electron chi connectivity index (χ2n) is 8.88. The van der Waals surface area contributed by atoms with Gasteiger partial charge in [-0.1, -0.05) is 40.9 Å². The largest absolute Gasteiger partial charge is 0.619 e. The minimum absolute atomic E-state index is 0.217. The van der Waals surface area contributed by atoms with Crippen molar-refractivity contribution in [2.45, 2.75) is 19.3 Å². The van der Waals surface area contributed by atoms with E-state index in [9.17, 15) is 10.0 Å². The van der Waals surface area contributed by atoms with Crippen LogP contribution in [0.1, 0.15) is 28.8 Å². The number of methoxy groups -OCH3 is 1. The number of hydrogen-bond donors (Lipinski definition) is 1. The maximum absolute atomic E-state index is 13.0. The molecular weight excluding hydrogens is 537 g/mol. The molecule has 0 saturated carbocycles. The summed E-state index contributed by atoms with van der Waals surface area (Å²) >= 11 is 18.7. The molecule has 0 aliphatic carbocycles. The molecule has 0 spiro atoms. The highest BCUT2D eigenvalue weighted by molar-refractivity contribution is 6.35. The van der Waals surface area contributed by atoms with Crippen LogP contribution in [0.3, 0.4) is 0 Å². The predicted octanol–water partition coefficient (Wildman–Crippen LogP) is 5.56. The molecule has 0 atom stereocenters. The fraction of sp³-hybridized carbons (Fsp3) is 0.333. The summed E-state index contributed by atoms with van der Waals surface area (Å²) in [5.41, 5.74) is 2.34. The van der Waals surface area contributed by atoms with Gasteiger partial charge >= 0.3 is 0 Å². The summed E-state index contributed by atoms with van der Waals surface area (Å²) in [4.78, 5) is 15.2. The van der Waals surface area contributed by atoms with E-state index >= 15 is 0 Å². The van der Waals surface area contributed by atoms with E-state index in [4.69, 9.17) is 44.3 Å². The van der Waals surface area contributed by atoms with E-state index in [1.54, 1.807) is 24.3 Å². The van der Waals surface area contributed by atoms with Gasteiger partial charge < -0.3 is 24.9 Å². The summed E-state index contributed by atoms with van der Waals surface area (Å²) in [6.07, 6.45) is 5.44. The Labute approximate surface area is 231 Å². The molecule has 1 saturated heterocycles. The van der Waals surface area contributed by atoms with Crippen LogP contribution in [0, 0.1) is 11.1 Å². The number of carbonyl (C=O) groups is 1. The Kier molecular flexibility index (Phi) is 9.24. The predicted molar refractivity (Wildman–Crippen MR) is 146 cm³/mol. The topological polar surface area (TPSA) is 77.7 Å². The summed E-state index contributed by atoms with van der Waals surface area (Å²) < 4.78 is 12.1. The number of pyridine rings is 1. The van der Waals surface area contributed by atoms with E-state index in [-0.39, 0.29) is 5.91 Å². The maximum atomic E-state index is 13.0. The Morgan fingerprint density at radius 3 is 2.46 bits per heavy atom. The number of hydrogen-bond acceptors (Lipinski definition) is 5. The van der Waals surface area contributed by atoms with E-state index in [0.29, 0.717) is 57.6 Å². The van der Waals surface area contributed by atoms with Crippen molar-refractivity contribution < 1.29 is 19.0 Å². The molecule has 0 bridgehead atoms. The van der Waals surface area contributed by atoms with Crippen LogP contribution < -0.4 is 24.4 Å². The van der Waals surface area contributed by atoms with Crippen LogP contribution in [0.2, 0.25) is 15.1 Å². The molecule has 1 N–H and O–H groups in total. The summed E-state index contributed by atoms with van der Waals surface area (Å²) in [7, 11) is 1.50. The number of nitrogens with one attached hydrogen (secondary N) is 1. The normalized spacial score (nSPS) is 13.9. The minimum Gasteiger partial charge on any atom is -0.619 e. The minimum atomic E-state index is -0.217. The van der Waals surface area contributed by atoms with Gasteiger partial charge in [0.25, 0.3) is 5.91 Å². The molecule has 7 nitrogen and oxygen atoms in total. The van der Waals surface area contributed by atoms with Crippen LogP contribution in [0.4, 0.5) is 5.69 Å². The van der Waals surface area contributed by atoms with Crippen molar-refractivity contribution in [1.29, 1.82) is 0 Å². The molecule has 10 heteroatoms. The number of rotatable bonds is 9. The smallest absolute Gasteiger partial charge is 0.251 e. The molecular formula is C27H28Cl3N3O4. The SMILES string of the molecule is COc1cc(C(=O)NCC2CCN(c3cc[n+]([O-])cc3)CC2)cc(OCCc2ccc(Cl)cc2Cl)c1Cl. The van der Waals surface area contributed by atoms with E-state index in [1.807, 2.05) is 18.2 Å². The summed E-state index contributed by atoms with van der Waals surface area (Å²) in [5, 5.41) is 15.7. The lowest BCUT2D eigenvalue weighted by atomic mass is 9.96. The van der Waals surface area contributed by atoms with Crippen molar-refractivity contribution >= 4 is 46.4 Å². The number of anilines is 1. The van der Waals surface area contributed by atoms with E-state index in [0.717, 1.165) is 41.9 Å². The summed E-state index contributed by atoms with van der Waals surface area (Å²) in [5.74, 6) is 0.879. The van der Waals surface area contributed by atoms with Gasteiger partial charge in [-0.05, 0) is 48.6 Å². The van der Waals surface area contributed by atoms with Crippen LogP contribution in [0.25, 0.3) is 0 Å². The maximum Gasteiger partial charge on any atom is 0.251 e. The van der Waals surface area contributed by atoms with Gasteiger partial charge in [0.1, 0.15) is 16.5 Å². The molecule has 3 aromatic rings. The van der Waals surface area contributed by atoms with E-state index in [1.165, 1.54) is 19.5 Å². The molecule has 1 aromatic heterocycles. The number of benzene rings is 2. The third kappa shape index (κ3) is 7.12. The molecule has 1 amide bonds. The highest BCUT2D eigenvalue weighted by Crippen LogP contribution is 2.36.